The first-order valence-corrected chi connectivity index (χ1v) is 10.5. The number of hydrogen-bond acceptors (Lipinski definition) is 5. The number of rotatable bonds is 9. The zero-order valence-corrected chi connectivity index (χ0v) is 17.0. The van der Waals surface area contributed by atoms with Crippen LogP contribution in [0.25, 0.3) is 0 Å². The maximum Gasteiger partial charge on any atom is 0.252 e. The molecule has 0 fully saturated rings. The first kappa shape index (κ1) is 21.6. The summed E-state index contributed by atoms with van der Waals surface area (Å²) < 4.78 is 26.6. The third kappa shape index (κ3) is 5.79. The quantitative estimate of drug-likeness (QED) is 0.670. The maximum atomic E-state index is 12.5. The van der Waals surface area contributed by atoms with E-state index >= 15 is 0 Å². The molecule has 0 saturated carbocycles. The predicted octanol–water partition coefficient (Wildman–Crippen LogP) is 1.56. The van der Waals surface area contributed by atoms with E-state index in [0.717, 1.165) is 16.2 Å². The fraction of sp³-hybridized carbons (Fsp3) is 0.625. The van der Waals surface area contributed by atoms with Gasteiger partial charge in [-0.05, 0) is 18.1 Å². The van der Waals surface area contributed by atoms with Crippen molar-refractivity contribution >= 4 is 33.2 Å². The Morgan fingerprint density at radius 1 is 1.20 bits per heavy atom. The molecule has 0 bridgehead atoms. The van der Waals surface area contributed by atoms with Crippen LogP contribution in [-0.4, -0.2) is 43.7 Å². The number of amides is 2. The van der Waals surface area contributed by atoms with E-state index in [1.54, 1.807) is 26.0 Å². The van der Waals surface area contributed by atoms with Crippen LogP contribution in [0.4, 0.5) is 0 Å². The van der Waals surface area contributed by atoms with E-state index in [4.69, 9.17) is 0 Å². The summed E-state index contributed by atoms with van der Waals surface area (Å²) in [6, 6.07) is 2.65. The normalized spacial score (nSPS) is 13.1. The largest absolute Gasteiger partial charge is 0.349 e. The minimum absolute atomic E-state index is 0.0501. The predicted molar refractivity (Wildman–Crippen MR) is 98.7 cm³/mol. The Morgan fingerprint density at radius 3 is 2.28 bits per heavy atom. The summed E-state index contributed by atoms with van der Waals surface area (Å²) in [5, 5.41) is 5.38. The smallest absolute Gasteiger partial charge is 0.252 e. The molecule has 2 N–H and O–H groups in total. The van der Waals surface area contributed by atoms with Crippen LogP contribution in [0, 0.1) is 5.92 Å². The number of nitrogens with one attached hydrogen (secondary N) is 2. The van der Waals surface area contributed by atoms with E-state index in [9.17, 15) is 18.0 Å². The van der Waals surface area contributed by atoms with Crippen LogP contribution in [0.3, 0.4) is 0 Å². The van der Waals surface area contributed by atoms with Crippen molar-refractivity contribution in [2.24, 2.45) is 5.92 Å². The van der Waals surface area contributed by atoms with Crippen LogP contribution in [0.15, 0.2) is 16.3 Å². The number of carbonyl (C=O) groups is 2. The lowest BCUT2D eigenvalue weighted by Crippen LogP contribution is -2.48. The molecule has 0 unspecified atom stereocenters. The van der Waals surface area contributed by atoms with Gasteiger partial charge in [0.1, 0.15) is 10.3 Å². The van der Waals surface area contributed by atoms with Crippen LogP contribution in [0.5, 0.6) is 0 Å². The van der Waals surface area contributed by atoms with Gasteiger partial charge >= 0.3 is 0 Å². The molecule has 0 spiro atoms. The molecule has 1 rings (SSSR count). The van der Waals surface area contributed by atoms with E-state index in [1.807, 2.05) is 13.8 Å². The van der Waals surface area contributed by atoms with Crippen molar-refractivity contribution in [1.82, 2.24) is 14.9 Å². The van der Waals surface area contributed by atoms with Gasteiger partial charge in [-0.15, -0.1) is 11.3 Å². The molecule has 2 amide bonds. The summed E-state index contributed by atoms with van der Waals surface area (Å²) in [5.74, 6) is -0.602. The summed E-state index contributed by atoms with van der Waals surface area (Å²) in [6.45, 7) is 9.70. The molecule has 142 valence electrons. The van der Waals surface area contributed by atoms with E-state index in [-0.39, 0.29) is 28.5 Å². The topological polar surface area (TPSA) is 95.6 Å². The van der Waals surface area contributed by atoms with Gasteiger partial charge in [0.05, 0.1) is 6.54 Å². The molecule has 1 aromatic rings. The average molecular weight is 390 g/mol. The van der Waals surface area contributed by atoms with Gasteiger partial charge in [0.15, 0.2) is 0 Å². The summed E-state index contributed by atoms with van der Waals surface area (Å²) >= 11 is 1.14. The lowest BCUT2D eigenvalue weighted by atomic mass is 10.0. The van der Waals surface area contributed by atoms with Crippen LogP contribution in [0.2, 0.25) is 0 Å². The highest BCUT2D eigenvalue weighted by Crippen LogP contribution is 2.24. The highest BCUT2D eigenvalue weighted by Gasteiger charge is 2.25. The van der Waals surface area contributed by atoms with Gasteiger partial charge in [-0.25, -0.2) is 8.42 Å². The van der Waals surface area contributed by atoms with Gasteiger partial charge in [-0.3, -0.25) is 9.59 Å². The molecule has 9 heteroatoms. The van der Waals surface area contributed by atoms with Gasteiger partial charge in [0, 0.05) is 24.9 Å². The fourth-order valence-electron chi connectivity index (χ4n) is 2.32. The highest BCUT2D eigenvalue weighted by atomic mass is 32.2. The molecule has 7 nitrogen and oxygen atoms in total. The van der Waals surface area contributed by atoms with Crippen LogP contribution in [0.1, 0.15) is 39.5 Å². The van der Waals surface area contributed by atoms with Crippen molar-refractivity contribution < 1.29 is 18.0 Å². The van der Waals surface area contributed by atoms with Gasteiger partial charge in [-0.1, -0.05) is 27.7 Å². The lowest BCUT2D eigenvalue weighted by molar-refractivity contribution is -0.129. The Hall–Kier alpha value is -1.45. The number of nitrogens with zero attached hydrogens (tertiary/aromatic N) is 1. The fourth-order valence-corrected chi connectivity index (χ4v) is 5.23. The molecule has 0 aliphatic rings. The average Bonchev–Trinajstić information content (AvgIpc) is 3.00. The molecule has 0 radical (unpaired) electrons. The zero-order valence-electron chi connectivity index (χ0n) is 15.3. The van der Waals surface area contributed by atoms with Crippen molar-refractivity contribution in [3.8, 4) is 0 Å². The van der Waals surface area contributed by atoms with Crippen molar-refractivity contribution in [3.05, 3.63) is 17.0 Å². The molecule has 0 aliphatic carbocycles. The standard InChI is InChI=1S/C16H27N3O4S2/c1-6-19(7-2)25(22,23)14-9-8-13(24-14)10-17-16(21)15(11(3)4)18-12(5)20/h8-9,11,15H,6-7,10H2,1-5H3,(H,17,21)(H,18,20)/t15-/m0/s1. The molecular formula is C16H27N3O4S2. The Labute approximate surface area is 153 Å². The Bertz CT molecular complexity index is 694. The highest BCUT2D eigenvalue weighted by molar-refractivity contribution is 7.91. The molecule has 1 atom stereocenters. The summed E-state index contributed by atoms with van der Waals surface area (Å²) in [4.78, 5) is 24.2. The lowest BCUT2D eigenvalue weighted by Gasteiger charge is -2.20. The number of carbonyl (C=O) groups excluding carboxylic acids is 2. The molecule has 1 aromatic heterocycles. The minimum Gasteiger partial charge on any atom is -0.349 e. The summed E-state index contributed by atoms with van der Waals surface area (Å²) in [7, 11) is -3.48. The molecule has 0 aromatic carbocycles. The second-order valence-electron chi connectivity index (χ2n) is 5.95. The maximum absolute atomic E-state index is 12.5. The van der Waals surface area contributed by atoms with Gasteiger partial charge < -0.3 is 10.6 Å². The van der Waals surface area contributed by atoms with Crippen molar-refractivity contribution in [2.45, 2.75) is 51.4 Å². The van der Waals surface area contributed by atoms with E-state index in [2.05, 4.69) is 10.6 Å². The molecule has 0 saturated heterocycles. The Morgan fingerprint density at radius 2 is 1.80 bits per heavy atom. The third-order valence-corrected chi connectivity index (χ3v) is 7.28. The van der Waals surface area contributed by atoms with E-state index < -0.39 is 16.1 Å². The van der Waals surface area contributed by atoms with Gasteiger partial charge in [-0.2, -0.15) is 4.31 Å². The summed E-state index contributed by atoms with van der Waals surface area (Å²) in [6.07, 6.45) is 0. The van der Waals surface area contributed by atoms with Gasteiger partial charge in [0.2, 0.25) is 11.8 Å². The third-order valence-electron chi connectivity index (χ3n) is 3.68. The molecule has 25 heavy (non-hydrogen) atoms. The first-order chi connectivity index (χ1) is 11.6. The Kier molecular flexibility index (Phi) is 8.04. The van der Waals surface area contributed by atoms with Gasteiger partial charge in [0.25, 0.3) is 10.0 Å². The second-order valence-corrected chi connectivity index (χ2v) is 9.28. The number of hydrogen-bond donors (Lipinski definition) is 2. The second kappa shape index (κ2) is 9.30. The van der Waals surface area contributed by atoms with E-state index in [0.29, 0.717) is 13.1 Å². The minimum atomic E-state index is -3.48. The molecular weight excluding hydrogens is 362 g/mol. The monoisotopic (exact) mass is 389 g/mol. The SMILES string of the molecule is CCN(CC)S(=O)(=O)c1ccc(CNC(=O)[C@@H](NC(C)=O)C(C)C)s1. The molecule has 1 heterocycles. The van der Waals surface area contributed by atoms with Crippen molar-refractivity contribution in [1.29, 1.82) is 0 Å². The summed E-state index contributed by atoms with van der Waals surface area (Å²) in [5.41, 5.74) is 0. The number of sulfonamides is 1. The molecule has 0 aliphatic heterocycles. The first-order valence-electron chi connectivity index (χ1n) is 8.27. The zero-order chi connectivity index (χ0) is 19.2. The van der Waals surface area contributed by atoms with Crippen LogP contribution >= 0.6 is 11.3 Å². The van der Waals surface area contributed by atoms with Crippen molar-refractivity contribution in [3.63, 3.8) is 0 Å². The number of thiophene rings is 1. The Balaban J connectivity index is 2.78. The van der Waals surface area contributed by atoms with Crippen molar-refractivity contribution in [2.75, 3.05) is 13.1 Å². The van der Waals surface area contributed by atoms with Crippen LogP contribution < -0.4 is 10.6 Å². The van der Waals surface area contributed by atoms with Crippen LogP contribution in [-0.2, 0) is 26.2 Å². The van der Waals surface area contributed by atoms with E-state index in [1.165, 1.54) is 11.2 Å².